The van der Waals surface area contributed by atoms with E-state index in [9.17, 15) is 9.90 Å². The number of pyridine rings is 1. The lowest BCUT2D eigenvalue weighted by atomic mass is 10.0. The Morgan fingerprint density at radius 2 is 2.25 bits per heavy atom. The number of aliphatic hydroxyl groups excluding tert-OH is 1. The van der Waals surface area contributed by atoms with Crippen LogP contribution in [0, 0.1) is 0 Å². The van der Waals surface area contributed by atoms with E-state index in [0.717, 1.165) is 38.2 Å². The SMILES string of the molecule is COCC(O)CN(C)C(=O)NC1CCN(Cc2ccccn2)CC1. The summed E-state index contributed by atoms with van der Waals surface area (Å²) < 4.78 is 4.88. The Kier molecular flexibility index (Phi) is 7.42. The number of urea groups is 1. The smallest absolute Gasteiger partial charge is 0.317 e. The zero-order valence-corrected chi connectivity index (χ0v) is 14.5. The first-order valence-corrected chi connectivity index (χ1v) is 8.39. The van der Waals surface area contributed by atoms with Crippen molar-refractivity contribution in [3.8, 4) is 0 Å². The topological polar surface area (TPSA) is 77.9 Å². The molecule has 2 heterocycles. The predicted molar refractivity (Wildman–Crippen MR) is 91.6 cm³/mol. The first kappa shape index (κ1) is 18.6. The van der Waals surface area contributed by atoms with Gasteiger partial charge < -0.3 is 20.1 Å². The van der Waals surface area contributed by atoms with Crippen molar-refractivity contribution in [3.05, 3.63) is 30.1 Å². The maximum atomic E-state index is 12.2. The van der Waals surface area contributed by atoms with Gasteiger partial charge in [0.2, 0.25) is 0 Å². The number of nitrogens with one attached hydrogen (secondary N) is 1. The Morgan fingerprint density at radius 3 is 2.88 bits per heavy atom. The predicted octanol–water partition coefficient (Wildman–Crippen LogP) is 0.695. The number of piperidine rings is 1. The summed E-state index contributed by atoms with van der Waals surface area (Å²) in [5.74, 6) is 0. The largest absolute Gasteiger partial charge is 0.389 e. The summed E-state index contributed by atoms with van der Waals surface area (Å²) >= 11 is 0. The Balaban J connectivity index is 1.69. The number of likely N-dealkylation sites (N-methyl/N-ethyl adjacent to an activating group) is 1. The van der Waals surface area contributed by atoms with E-state index in [0.29, 0.717) is 0 Å². The van der Waals surface area contributed by atoms with Gasteiger partial charge in [0.25, 0.3) is 0 Å². The Labute approximate surface area is 143 Å². The number of methoxy groups -OCH3 is 1. The number of likely N-dealkylation sites (tertiary alicyclic amines) is 1. The van der Waals surface area contributed by atoms with E-state index in [2.05, 4.69) is 15.2 Å². The van der Waals surface area contributed by atoms with Gasteiger partial charge in [-0.25, -0.2) is 4.79 Å². The van der Waals surface area contributed by atoms with E-state index in [4.69, 9.17) is 4.74 Å². The summed E-state index contributed by atoms with van der Waals surface area (Å²) in [7, 11) is 3.21. The average Bonchev–Trinajstić information content (AvgIpc) is 2.57. The van der Waals surface area contributed by atoms with Gasteiger partial charge in [-0.1, -0.05) is 6.07 Å². The Bertz CT molecular complexity index is 492. The normalized spacial score (nSPS) is 17.5. The molecule has 134 valence electrons. The molecule has 1 unspecified atom stereocenters. The molecule has 0 aliphatic carbocycles. The number of hydrogen-bond acceptors (Lipinski definition) is 5. The molecule has 0 spiro atoms. The average molecular weight is 336 g/mol. The molecule has 7 heteroatoms. The molecule has 0 saturated carbocycles. The molecule has 2 N–H and O–H groups in total. The fourth-order valence-electron chi connectivity index (χ4n) is 2.89. The number of amides is 2. The van der Waals surface area contributed by atoms with Crippen LogP contribution in [-0.4, -0.2) is 78.5 Å². The maximum absolute atomic E-state index is 12.2. The van der Waals surface area contributed by atoms with Crippen molar-refractivity contribution in [2.45, 2.75) is 31.5 Å². The third-order valence-corrected chi connectivity index (χ3v) is 4.22. The molecular formula is C17H28N4O3. The molecular weight excluding hydrogens is 308 g/mol. The molecule has 1 aromatic rings. The van der Waals surface area contributed by atoms with Gasteiger partial charge in [-0.2, -0.15) is 0 Å². The number of hydrogen-bond donors (Lipinski definition) is 2. The lowest BCUT2D eigenvalue weighted by molar-refractivity contribution is 0.0484. The van der Waals surface area contributed by atoms with E-state index < -0.39 is 6.10 Å². The third-order valence-electron chi connectivity index (χ3n) is 4.22. The Morgan fingerprint density at radius 1 is 1.50 bits per heavy atom. The van der Waals surface area contributed by atoms with Gasteiger partial charge in [-0.15, -0.1) is 0 Å². The molecule has 0 radical (unpaired) electrons. The summed E-state index contributed by atoms with van der Waals surface area (Å²) in [6.45, 7) is 3.22. The summed E-state index contributed by atoms with van der Waals surface area (Å²) in [6.07, 6.45) is 3.00. The summed E-state index contributed by atoms with van der Waals surface area (Å²) in [5.41, 5.74) is 1.08. The monoisotopic (exact) mass is 336 g/mol. The molecule has 1 aliphatic heterocycles. The molecule has 7 nitrogen and oxygen atoms in total. The fraction of sp³-hybridized carbons (Fsp3) is 0.647. The zero-order chi connectivity index (χ0) is 17.4. The minimum absolute atomic E-state index is 0.145. The van der Waals surface area contributed by atoms with Crippen molar-refractivity contribution >= 4 is 6.03 Å². The van der Waals surface area contributed by atoms with Gasteiger partial charge in [-0.3, -0.25) is 9.88 Å². The van der Waals surface area contributed by atoms with E-state index in [1.54, 1.807) is 7.05 Å². The second-order valence-electron chi connectivity index (χ2n) is 6.31. The maximum Gasteiger partial charge on any atom is 0.317 e. The first-order valence-electron chi connectivity index (χ1n) is 8.39. The van der Waals surface area contributed by atoms with Gasteiger partial charge >= 0.3 is 6.03 Å². The number of nitrogens with zero attached hydrogens (tertiary/aromatic N) is 3. The molecule has 0 bridgehead atoms. The molecule has 1 aliphatic rings. The highest BCUT2D eigenvalue weighted by Crippen LogP contribution is 2.13. The lowest BCUT2D eigenvalue weighted by Crippen LogP contribution is -2.49. The summed E-state index contributed by atoms with van der Waals surface area (Å²) in [4.78, 5) is 20.4. The van der Waals surface area contributed by atoms with Crippen molar-refractivity contribution in [2.24, 2.45) is 0 Å². The van der Waals surface area contributed by atoms with Gasteiger partial charge in [0.1, 0.15) is 0 Å². The highest BCUT2D eigenvalue weighted by atomic mass is 16.5. The number of carbonyl (C=O) groups excluding carboxylic acids is 1. The first-order chi connectivity index (χ1) is 11.6. The standard InChI is InChI=1S/C17H28N4O3/c1-20(12-16(22)13-24-2)17(23)19-14-6-9-21(10-7-14)11-15-5-3-4-8-18-15/h3-5,8,14,16,22H,6-7,9-13H2,1-2H3,(H,19,23). The van der Waals surface area contributed by atoms with Crippen molar-refractivity contribution < 1.29 is 14.6 Å². The van der Waals surface area contributed by atoms with Crippen LogP contribution in [0.5, 0.6) is 0 Å². The number of aliphatic hydroxyl groups is 1. The molecule has 24 heavy (non-hydrogen) atoms. The van der Waals surface area contributed by atoms with Crippen LogP contribution < -0.4 is 5.32 Å². The summed E-state index contributed by atoms with van der Waals surface area (Å²) in [6, 6.07) is 6.00. The highest BCUT2D eigenvalue weighted by Gasteiger charge is 2.22. The number of ether oxygens (including phenoxy) is 1. The van der Waals surface area contributed by atoms with Gasteiger partial charge in [-0.05, 0) is 25.0 Å². The Hall–Kier alpha value is -1.70. The van der Waals surface area contributed by atoms with E-state index in [1.807, 2.05) is 24.4 Å². The van der Waals surface area contributed by atoms with Crippen LogP contribution in [0.3, 0.4) is 0 Å². The van der Waals surface area contributed by atoms with Crippen molar-refractivity contribution in [3.63, 3.8) is 0 Å². The van der Waals surface area contributed by atoms with Crippen molar-refractivity contribution in [1.82, 2.24) is 20.1 Å². The van der Waals surface area contributed by atoms with Crippen molar-refractivity contribution in [2.75, 3.05) is 40.4 Å². The molecule has 0 aromatic carbocycles. The quantitative estimate of drug-likeness (QED) is 0.766. The van der Waals surface area contributed by atoms with Crippen LogP contribution in [0.1, 0.15) is 18.5 Å². The van der Waals surface area contributed by atoms with Crippen molar-refractivity contribution in [1.29, 1.82) is 0 Å². The zero-order valence-electron chi connectivity index (χ0n) is 14.5. The number of aromatic nitrogens is 1. The van der Waals surface area contributed by atoms with Crippen LogP contribution in [0.2, 0.25) is 0 Å². The molecule has 1 aromatic heterocycles. The van der Waals surface area contributed by atoms with Crippen LogP contribution >= 0.6 is 0 Å². The number of carbonyl (C=O) groups is 1. The van der Waals surface area contributed by atoms with Crippen LogP contribution in [0.4, 0.5) is 4.79 Å². The number of rotatable bonds is 7. The fourth-order valence-corrected chi connectivity index (χ4v) is 2.89. The second kappa shape index (κ2) is 9.56. The van der Waals surface area contributed by atoms with Gasteiger partial charge in [0.15, 0.2) is 0 Å². The lowest BCUT2D eigenvalue weighted by Gasteiger charge is -2.33. The summed E-state index contributed by atoms with van der Waals surface area (Å²) in [5, 5.41) is 12.7. The minimum atomic E-state index is -0.661. The second-order valence-corrected chi connectivity index (χ2v) is 6.31. The van der Waals surface area contributed by atoms with Gasteiger partial charge in [0, 0.05) is 46.0 Å². The van der Waals surface area contributed by atoms with Crippen LogP contribution in [-0.2, 0) is 11.3 Å². The molecule has 2 amide bonds. The van der Waals surface area contributed by atoms with Crippen LogP contribution in [0.15, 0.2) is 24.4 Å². The molecule has 1 fully saturated rings. The van der Waals surface area contributed by atoms with E-state index in [-0.39, 0.29) is 25.2 Å². The highest BCUT2D eigenvalue weighted by molar-refractivity contribution is 5.74. The van der Waals surface area contributed by atoms with Gasteiger partial charge in [0.05, 0.1) is 24.9 Å². The van der Waals surface area contributed by atoms with Crippen LogP contribution in [0.25, 0.3) is 0 Å². The molecule has 1 atom stereocenters. The van der Waals surface area contributed by atoms with E-state index in [1.165, 1.54) is 12.0 Å². The minimum Gasteiger partial charge on any atom is -0.389 e. The van der Waals surface area contributed by atoms with E-state index >= 15 is 0 Å². The molecule has 1 saturated heterocycles. The third kappa shape index (κ3) is 6.07. The molecule has 2 rings (SSSR count).